The molecule has 0 saturated carbocycles. The van der Waals surface area contributed by atoms with Gasteiger partial charge in [-0.3, -0.25) is 0 Å². The van der Waals surface area contributed by atoms with Crippen LogP contribution in [0.5, 0.6) is 0 Å². The van der Waals surface area contributed by atoms with E-state index in [9.17, 15) is 0 Å². The molecular weight excluding hydrogens is 264 g/mol. The van der Waals surface area contributed by atoms with Gasteiger partial charge >= 0.3 is 0 Å². The second-order valence-corrected chi connectivity index (χ2v) is 6.55. The average molecular weight is 290 g/mol. The van der Waals surface area contributed by atoms with Gasteiger partial charge in [0.15, 0.2) is 0 Å². The summed E-state index contributed by atoms with van der Waals surface area (Å²) in [6.45, 7) is 4.16. The summed E-state index contributed by atoms with van der Waals surface area (Å²) in [6, 6.07) is 8.79. The summed E-state index contributed by atoms with van der Waals surface area (Å²) < 4.78 is 2.43. The van der Waals surface area contributed by atoms with Crippen molar-refractivity contribution in [3.05, 3.63) is 36.0 Å². The number of hydrogen-bond acceptors (Lipinski definition) is 2. The summed E-state index contributed by atoms with van der Waals surface area (Å²) in [5.41, 5.74) is 8.47. The first kappa shape index (κ1) is 15.5. The number of unbranched alkanes of at least 4 members (excludes halogenated alkanes) is 1. The van der Waals surface area contributed by atoms with E-state index >= 15 is 0 Å². The first-order chi connectivity index (χ1) is 9.86. The van der Waals surface area contributed by atoms with Gasteiger partial charge in [-0.1, -0.05) is 25.1 Å². The van der Waals surface area contributed by atoms with E-state index in [-0.39, 0.29) is 0 Å². The molecule has 20 heavy (non-hydrogen) atoms. The maximum atomic E-state index is 5.60. The van der Waals surface area contributed by atoms with Crippen LogP contribution in [0.15, 0.2) is 30.5 Å². The second-order valence-electron chi connectivity index (χ2n) is 5.16. The molecule has 0 spiro atoms. The number of fused-ring (bicyclic) bond motifs is 1. The Balaban J connectivity index is 2.09. The smallest absolute Gasteiger partial charge is 0.0483 e. The van der Waals surface area contributed by atoms with E-state index in [4.69, 9.17) is 5.73 Å². The lowest BCUT2D eigenvalue weighted by atomic mass is 10.1. The monoisotopic (exact) mass is 290 g/mol. The lowest BCUT2D eigenvalue weighted by Crippen LogP contribution is -1.99. The van der Waals surface area contributed by atoms with E-state index in [1.165, 1.54) is 40.8 Å². The van der Waals surface area contributed by atoms with Crippen LogP contribution in [-0.2, 0) is 13.0 Å². The summed E-state index contributed by atoms with van der Waals surface area (Å²) in [4.78, 5) is 0. The van der Waals surface area contributed by atoms with Crippen molar-refractivity contribution in [2.24, 2.45) is 5.73 Å². The fourth-order valence-corrected chi connectivity index (χ4v) is 3.27. The van der Waals surface area contributed by atoms with Gasteiger partial charge in [0.25, 0.3) is 0 Å². The summed E-state index contributed by atoms with van der Waals surface area (Å²) in [5, 5.41) is 1.42. The zero-order chi connectivity index (χ0) is 14.2. The molecule has 2 N–H and O–H groups in total. The third kappa shape index (κ3) is 4.03. The van der Waals surface area contributed by atoms with Crippen LogP contribution < -0.4 is 5.73 Å². The summed E-state index contributed by atoms with van der Waals surface area (Å²) in [5.74, 6) is 2.47. The van der Waals surface area contributed by atoms with Crippen molar-refractivity contribution in [2.75, 3.05) is 18.1 Å². The van der Waals surface area contributed by atoms with Gasteiger partial charge in [0.2, 0.25) is 0 Å². The highest BCUT2D eigenvalue weighted by Crippen LogP contribution is 2.23. The molecule has 0 unspecified atom stereocenters. The van der Waals surface area contributed by atoms with E-state index in [2.05, 4.69) is 42.0 Å². The summed E-state index contributed by atoms with van der Waals surface area (Å²) in [6.07, 6.45) is 7.06. The number of nitrogens with zero attached hydrogens (tertiary/aromatic N) is 1. The normalized spacial score (nSPS) is 11.3. The Hall–Kier alpha value is -0.930. The molecule has 1 heterocycles. The van der Waals surface area contributed by atoms with Crippen LogP contribution in [-0.4, -0.2) is 22.6 Å². The second kappa shape index (κ2) is 8.38. The number of benzene rings is 1. The zero-order valence-corrected chi connectivity index (χ0v) is 13.3. The summed E-state index contributed by atoms with van der Waals surface area (Å²) >= 11 is 2.03. The Morgan fingerprint density at radius 2 is 2.00 bits per heavy atom. The van der Waals surface area contributed by atoms with Crippen molar-refractivity contribution in [2.45, 2.75) is 39.2 Å². The quantitative estimate of drug-likeness (QED) is 0.706. The maximum absolute atomic E-state index is 5.60. The van der Waals surface area contributed by atoms with Gasteiger partial charge < -0.3 is 10.3 Å². The Kier molecular flexibility index (Phi) is 6.48. The summed E-state index contributed by atoms with van der Waals surface area (Å²) in [7, 11) is 0. The predicted molar refractivity (Wildman–Crippen MR) is 91.5 cm³/mol. The van der Waals surface area contributed by atoms with E-state index in [0.717, 1.165) is 25.9 Å². The minimum atomic E-state index is 0.798. The molecule has 0 aliphatic heterocycles. The zero-order valence-electron chi connectivity index (χ0n) is 12.5. The van der Waals surface area contributed by atoms with Crippen LogP contribution in [0.3, 0.4) is 0 Å². The van der Waals surface area contributed by atoms with E-state index in [1.807, 2.05) is 11.8 Å². The first-order valence-corrected chi connectivity index (χ1v) is 8.87. The average Bonchev–Trinajstić information content (AvgIpc) is 2.83. The van der Waals surface area contributed by atoms with Crippen molar-refractivity contribution in [3.8, 4) is 0 Å². The minimum Gasteiger partial charge on any atom is -0.347 e. The predicted octanol–water partition coefficient (Wildman–Crippen LogP) is 4.07. The molecule has 2 nitrogen and oxygen atoms in total. The van der Waals surface area contributed by atoms with Crippen LogP contribution >= 0.6 is 11.8 Å². The molecule has 0 saturated heterocycles. The topological polar surface area (TPSA) is 30.9 Å². The van der Waals surface area contributed by atoms with Crippen LogP contribution in [0.1, 0.15) is 31.7 Å². The molecule has 1 aromatic heterocycles. The number of nitrogens with two attached hydrogens (primary N) is 1. The van der Waals surface area contributed by atoms with Crippen LogP contribution in [0.2, 0.25) is 0 Å². The third-order valence-electron chi connectivity index (χ3n) is 3.66. The Morgan fingerprint density at radius 3 is 2.80 bits per heavy atom. The molecule has 0 atom stereocenters. The van der Waals surface area contributed by atoms with Crippen LogP contribution in [0.25, 0.3) is 10.9 Å². The first-order valence-electron chi connectivity index (χ1n) is 7.71. The highest BCUT2D eigenvalue weighted by atomic mass is 32.2. The largest absolute Gasteiger partial charge is 0.347 e. The van der Waals surface area contributed by atoms with E-state index in [1.54, 1.807) is 0 Å². The SMILES string of the molecule is CCSCCCn1cc(CCCCN)c2ccccc21. The lowest BCUT2D eigenvalue weighted by Gasteiger charge is -2.04. The third-order valence-corrected chi connectivity index (χ3v) is 4.65. The Bertz CT molecular complexity index is 519. The van der Waals surface area contributed by atoms with Crippen LogP contribution in [0.4, 0.5) is 0 Å². The minimum absolute atomic E-state index is 0.798. The highest BCUT2D eigenvalue weighted by molar-refractivity contribution is 7.99. The molecule has 0 fully saturated rings. The van der Waals surface area contributed by atoms with Gasteiger partial charge in [-0.2, -0.15) is 11.8 Å². The number of thioether (sulfide) groups is 1. The molecule has 0 radical (unpaired) electrons. The Morgan fingerprint density at radius 1 is 1.15 bits per heavy atom. The van der Waals surface area contributed by atoms with Gasteiger partial charge in [-0.05, 0) is 55.4 Å². The molecule has 0 aliphatic carbocycles. The Labute approximate surface area is 126 Å². The van der Waals surface area contributed by atoms with Crippen molar-refractivity contribution in [3.63, 3.8) is 0 Å². The fraction of sp³-hybridized carbons (Fsp3) is 0.529. The number of hydrogen-bond donors (Lipinski definition) is 1. The lowest BCUT2D eigenvalue weighted by molar-refractivity contribution is 0.700. The molecule has 2 aromatic rings. The van der Waals surface area contributed by atoms with Gasteiger partial charge in [0, 0.05) is 23.6 Å². The van der Waals surface area contributed by atoms with Crippen molar-refractivity contribution in [1.29, 1.82) is 0 Å². The number of aryl methyl sites for hydroxylation is 2. The van der Waals surface area contributed by atoms with Crippen molar-refractivity contribution < 1.29 is 0 Å². The number of para-hydroxylation sites is 1. The van der Waals surface area contributed by atoms with Gasteiger partial charge in [-0.25, -0.2) is 0 Å². The molecule has 110 valence electrons. The molecule has 0 amide bonds. The molecule has 1 aromatic carbocycles. The van der Waals surface area contributed by atoms with Crippen LogP contribution in [0, 0.1) is 0 Å². The fourth-order valence-electron chi connectivity index (χ4n) is 2.65. The number of aromatic nitrogens is 1. The van der Waals surface area contributed by atoms with Gasteiger partial charge in [0.1, 0.15) is 0 Å². The van der Waals surface area contributed by atoms with E-state index < -0.39 is 0 Å². The van der Waals surface area contributed by atoms with Gasteiger partial charge in [0.05, 0.1) is 0 Å². The molecule has 2 rings (SSSR count). The molecule has 3 heteroatoms. The van der Waals surface area contributed by atoms with Gasteiger partial charge in [-0.15, -0.1) is 0 Å². The molecule has 0 aliphatic rings. The van der Waals surface area contributed by atoms with E-state index in [0.29, 0.717) is 0 Å². The molecule has 0 bridgehead atoms. The number of rotatable bonds is 9. The van der Waals surface area contributed by atoms with Crippen molar-refractivity contribution >= 4 is 22.7 Å². The standard InChI is InChI=1S/C17H26N2S/c1-2-20-13-7-12-19-14-15(8-5-6-11-18)16-9-3-4-10-17(16)19/h3-4,9-10,14H,2,5-8,11-13,18H2,1H3. The highest BCUT2D eigenvalue weighted by Gasteiger charge is 2.07. The molecular formula is C17H26N2S. The maximum Gasteiger partial charge on any atom is 0.0483 e. The van der Waals surface area contributed by atoms with Crippen molar-refractivity contribution in [1.82, 2.24) is 4.57 Å².